The summed E-state index contributed by atoms with van der Waals surface area (Å²) in [6.45, 7) is 0. The molecule has 1 rings (SSSR count). The van der Waals surface area contributed by atoms with Crippen LogP contribution < -0.4 is 74.4 Å². The average Bonchev–Trinajstić information content (AvgIpc) is 2.33. The normalized spacial score (nSPS) is 10.2. The predicted molar refractivity (Wildman–Crippen MR) is 44.0 cm³/mol. The van der Waals surface area contributed by atoms with Crippen LogP contribution in [0, 0.1) is 51.5 Å². The molecule has 1 aromatic carbocycles. The summed E-state index contributed by atoms with van der Waals surface area (Å²) in [5, 5.41) is 16.5. The van der Waals surface area contributed by atoms with Gasteiger partial charge in [-0.05, 0) is 0 Å². The summed E-state index contributed by atoms with van der Waals surface area (Å²) < 4.78 is 77.4. The molecule has 0 radical (unpaired) electrons. The zero-order valence-electron chi connectivity index (χ0n) is 8.74. The van der Waals surface area contributed by atoms with E-state index in [1.807, 2.05) is 0 Å². The molecular weight excluding hydrogens is 382 g/mol. The summed E-state index contributed by atoms with van der Waals surface area (Å²) in [5.74, 6) is -11.2. The summed E-state index contributed by atoms with van der Waals surface area (Å²) in [4.78, 5) is 0. The van der Waals surface area contributed by atoms with E-state index in [0.29, 0.717) is 11.9 Å². The van der Waals surface area contributed by atoms with E-state index in [1.54, 1.807) is 0 Å². The van der Waals surface area contributed by atoms with Crippen molar-refractivity contribution in [1.82, 2.24) is 0 Å². The van der Waals surface area contributed by atoms with Gasteiger partial charge in [0.05, 0.1) is 0 Å². The molecule has 0 aromatic heterocycles. The topological polar surface area (TPSA) is 47.6 Å². The Morgan fingerprint density at radius 3 is 1.28 bits per heavy atom. The molecule has 0 spiro atoms. The second-order valence-corrected chi connectivity index (χ2v) is 3.00. The number of halogens is 6. The molecule has 1 aromatic rings. The fraction of sp³-hybridized carbons (Fsp3) is 0. The Kier molecular flexibility index (Phi) is 6.33. The fourth-order valence-electron chi connectivity index (χ4n) is 1.13. The minimum atomic E-state index is -4.67. The summed E-state index contributed by atoms with van der Waals surface area (Å²) in [6.07, 6.45) is -4.67. The molecule has 0 bridgehead atoms. The number of benzene rings is 1. The van der Waals surface area contributed by atoms with E-state index in [1.165, 1.54) is 0 Å². The number of hydrogen-bond acceptors (Lipinski definition) is 2. The Morgan fingerprint density at radius 1 is 0.722 bits per heavy atom. The average molecular weight is 382 g/mol. The first-order valence-electron chi connectivity index (χ1n) is 3.98. The van der Waals surface area contributed by atoms with Crippen LogP contribution in [0.25, 0.3) is 0 Å². The SMILES string of the molecule is N#C[B-](F)(C#N)c1c(F)c(F)c(F)c(F)c1F.[Cs+]. The Labute approximate surface area is 156 Å². The quantitative estimate of drug-likeness (QED) is 0.261. The van der Waals surface area contributed by atoms with Crippen LogP contribution >= 0.6 is 0 Å². The van der Waals surface area contributed by atoms with Crippen molar-refractivity contribution in [1.29, 1.82) is 10.5 Å². The van der Waals surface area contributed by atoms with Gasteiger partial charge in [-0.25, -0.2) is 32.5 Å². The van der Waals surface area contributed by atoms with Gasteiger partial charge in [-0.2, -0.15) is 0 Å². The van der Waals surface area contributed by atoms with Crippen LogP contribution in [0.3, 0.4) is 0 Å². The second kappa shape index (κ2) is 6.37. The van der Waals surface area contributed by atoms with Crippen molar-refractivity contribution in [3.8, 4) is 11.9 Å². The molecule has 18 heavy (non-hydrogen) atoms. The van der Waals surface area contributed by atoms with Gasteiger partial charge in [0.15, 0.2) is 17.5 Å². The fourth-order valence-corrected chi connectivity index (χ4v) is 1.13. The largest absolute Gasteiger partial charge is 1.00 e. The monoisotopic (exact) mass is 382 g/mol. The maximum atomic E-state index is 13.4. The van der Waals surface area contributed by atoms with Crippen molar-refractivity contribution < 1.29 is 95.2 Å². The first-order chi connectivity index (χ1) is 7.80. The van der Waals surface area contributed by atoms with Crippen LogP contribution in [-0.4, -0.2) is 6.42 Å². The maximum Gasteiger partial charge on any atom is 1.00 e. The van der Waals surface area contributed by atoms with Crippen LogP contribution in [-0.2, 0) is 0 Å². The van der Waals surface area contributed by atoms with Gasteiger partial charge >= 0.3 is 75.3 Å². The van der Waals surface area contributed by atoms with E-state index in [4.69, 9.17) is 10.5 Å². The van der Waals surface area contributed by atoms with E-state index in [-0.39, 0.29) is 68.9 Å². The van der Waals surface area contributed by atoms with Crippen LogP contribution in [0.4, 0.5) is 26.3 Å². The van der Waals surface area contributed by atoms with E-state index in [0.717, 1.165) is 0 Å². The second-order valence-electron chi connectivity index (χ2n) is 3.00. The summed E-state index contributed by atoms with van der Waals surface area (Å²) in [6, 6.07) is 0. The zero-order valence-corrected chi connectivity index (χ0v) is 15.0. The third-order valence-electron chi connectivity index (χ3n) is 2.00. The Bertz CT molecular complexity index is 535. The van der Waals surface area contributed by atoms with Gasteiger partial charge < -0.3 is 4.32 Å². The van der Waals surface area contributed by atoms with E-state index in [2.05, 4.69) is 0 Å². The van der Waals surface area contributed by atoms with Gasteiger partial charge in [0.1, 0.15) is 11.6 Å². The molecular formula is C8BCsF6N2. The molecule has 10 heteroatoms. The van der Waals surface area contributed by atoms with Gasteiger partial charge in [0.2, 0.25) is 0 Å². The molecule has 0 amide bonds. The van der Waals surface area contributed by atoms with Crippen molar-refractivity contribution in [2.75, 3.05) is 0 Å². The molecule has 0 heterocycles. The number of nitriles is 2. The molecule has 2 nitrogen and oxygen atoms in total. The molecule has 0 N–H and O–H groups in total. The number of nitrogens with zero attached hydrogens (tertiary/aromatic N) is 2. The molecule has 0 saturated heterocycles. The molecule has 0 fully saturated rings. The zero-order chi connectivity index (χ0) is 13.4. The maximum absolute atomic E-state index is 13.4. The van der Waals surface area contributed by atoms with Gasteiger partial charge in [-0.1, -0.05) is 17.4 Å². The van der Waals surface area contributed by atoms with Crippen molar-refractivity contribution in [3.05, 3.63) is 29.1 Å². The van der Waals surface area contributed by atoms with E-state index >= 15 is 0 Å². The standard InChI is InChI=1S/C8BF6N2.Cs/c10-4-3(9(15,1-16)2-17)5(11)7(13)8(14)6(4)12;/q-1;+1. The minimum Gasteiger partial charge on any atom is -0.476 e. The van der Waals surface area contributed by atoms with Gasteiger partial charge in [0, 0.05) is 0 Å². The molecule has 0 saturated carbocycles. The summed E-state index contributed by atoms with van der Waals surface area (Å²) in [5.41, 5.74) is -2.05. The van der Waals surface area contributed by atoms with Crippen molar-refractivity contribution >= 4 is 11.9 Å². The number of rotatable bonds is 1. The number of hydrogen-bond donors (Lipinski definition) is 0. The smallest absolute Gasteiger partial charge is 0.476 e. The predicted octanol–water partition coefficient (Wildman–Crippen LogP) is -1.37. The molecule has 0 aliphatic carbocycles. The van der Waals surface area contributed by atoms with Gasteiger partial charge in [-0.15, -0.1) is 0 Å². The minimum absolute atomic E-state index is 0. The van der Waals surface area contributed by atoms with E-state index < -0.39 is 41.0 Å². The van der Waals surface area contributed by atoms with Crippen LogP contribution in [0.2, 0.25) is 0 Å². The molecule has 0 aliphatic rings. The van der Waals surface area contributed by atoms with Crippen LogP contribution in [0.5, 0.6) is 0 Å². The molecule has 88 valence electrons. The third-order valence-corrected chi connectivity index (χ3v) is 2.00. The first-order valence-corrected chi connectivity index (χ1v) is 3.98. The Hall–Kier alpha value is -0.103. The first kappa shape index (κ1) is 17.9. The Balaban J connectivity index is 0.00000289. The van der Waals surface area contributed by atoms with Gasteiger partial charge in [-0.3, -0.25) is 0 Å². The van der Waals surface area contributed by atoms with Crippen LogP contribution in [0.15, 0.2) is 0 Å². The Morgan fingerprint density at radius 2 is 1.00 bits per heavy atom. The summed E-state index contributed by atoms with van der Waals surface area (Å²) in [7, 11) is 0. The van der Waals surface area contributed by atoms with Crippen molar-refractivity contribution in [3.63, 3.8) is 0 Å². The van der Waals surface area contributed by atoms with Gasteiger partial charge in [0.25, 0.3) is 0 Å². The molecule has 0 atom stereocenters. The molecule has 0 unspecified atom stereocenters. The van der Waals surface area contributed by atoms with Crippen molar-refractivity contribution in [2.24, 2.45) is 0 Å². The molecule has 0 aliphatic heterocycles. The van der Waals surface area contributed by atoms with E-state index in [9.17, 15) is 26.3 Å². The summed E-state index contributed by atoms with van der Waals surface area (Å²) >= 11 is 0. The van der Waals surface area contributed by atoms with Crippen molar-refractivity contribution in [2.45, 2.75) is 0 Å². The third kappa shape index (κ3) is 2.74. The van der Waals surface area contributed by atoms with Crippen LogP contribution in [0.1, 0.15) is 0 Å².